The summed E-state index contributed by atoms with van der Waals surface area (Å²) in [5, 5.41) is 14.6. The Morgan fingerprint density at radius 1 is 1.08 bits per heavy atom. The Bertz CT molecular complexity index is 1290. The smallest absolute Gasteiger partial charge is 0.244 e. The maximum absolute atomic E-state index is 12.5. The Morgan fingerprint density at radius 2 is 1.83 bits per heavy atom. The molecule has 3 aromatic rings. The predicted octanol–water partition coefficient (Wildman–Crippen LogP) is 4.27. The van der Waals surface area contributed by atoms with Crippen LogP contribution in [0.5, 0.6) is 11.5 Å². The van der Waals surface area contributed by atoms with Gasteiger partial charge in [0.1, 0.15) is 0 Å². The summed E-state index contributed by atoms with van der Waals surface area (Å²) in [7, 11) is 4.92. The van der Waals surface area contributed by atoms with Crippen molar-refractivity contribution >= 4 is 51.3 Å². The SMILES string of the molecule is COc1ccc(C=CC(=O)NCc2nnc(SCC(=O)Nc3ccc(Br)c(C)c3C)n2C)cc1OC. The molecule has 0 spiro atoms. The summed E-state index contributed by atoms with van der Waals surface area (Å²) < 4.78 is 13.3. The molecular weight excluding hydrogens is 546 g/mol. The summed E-state index contributed by atoms with van der Waals surface area (Å²) in [6.45, 7) is 4.16. The van der Waals surface area contributed by atoms with Crippen LogP contribution in [0.2, 0.25) is 0 Å². The predicted molar refractivity (Wildman–Crippen MR) is 144 cm³/mol. The third-order valence-corrected chi connectivity index (χ3v) is 7.39. The van der Waals surface area contributed by atoms with E-state index in [-0.39, 0.29) is 24.1 Å². The van der Waals surface area contributed by atoms with Crippen molar-refractivity contribution in [2.75, 3.05) is 25.3 Å². The second-order valence-corrected chi connectivity index (χ2v) is 9.60. The van der Waals surface area contributed by atoms with Gasteiger partial charge in [-0.15, -0.1) is 10.2 Å². The average molecular weight is 575 g/mol. The molecule has 3 rings (SSSR count). The van der Waals surface area contributed by atoms with E-state index < -0.39 is 0 Å². The molecule has 1 aromatic heterocycles. The highest BCUT2D eigenvalue weighted by molar-refractivity contribution is 9.10. The molecule has 0 atom stereocenters. The van der Waals surface area contributed by atoms with E-state index in [1.54, 1.807) is 44.0 Å². The summed E-state index contributed by atoms with van der Waals surface area (Å²) in [5.41, 5.74) is 3.68. The number of hydrogen-bond donors (Lipinski definition) is 2. The van der Waals surface area contributed by atoms with E-state index in [9.17, 15) is 9.59 Å². The van der Waals surface area contributed by atoms with E-state index in [0.717, 1.165) is 26.9 Å². The lowest BCUT2D eigenvalue weighted by Gasteiger charge is -2.11. The van der Waals surface area contributed by atoms with Gasteiger partial charge in [-0.1, -0.05) is 33.8 Å². The molecule has 0 saturated carbocycles. The van der Waals surface area contributed by atoms with Crippen molar-refractivity contribution in [2.45, 2.75) is 25.5 Å². The van der Waals surface area contributed by atoms with Crippen LogP contribution in [-0.4, -0.2) is 46.6 Å². The van der Waals surface area contributed by atoms with Gasteiger partial charge in [0.2, 0.25) is 11.8 Å². The lowest BCUT2D eigenvalue weighted by molar-refractivity contribution is -0.116. The van der Waals surface area contributed by atoms with Crippen LogP contribution < -0.4 is 20.1 Å². The zero-order valence-electron chi connectivity index (χ0n) is 20.7. The number of nitrogens with zero attached hydrogens (tertiary/aromatic N) is 3. The molecule has 190 valence electrons. The highest BCUT2D eigenvalue weighted by Crippen LogP contribution is 2.28. The van der Waals surface area contributed by atoms with Crippen LogP contribution in [0.15, 0.2) is 46.0 Å². The first kappa shape index (κ1) is 27.3. The molecule has 0 aliphatic rings. The lowest BCUT2D eigenvalue weighted by atomic mass is 10.1. The van der Waals surface area contributed by atoms with Gasteiger partial charge in [-0.05, 0) is 60.9 Å². The van der Waals surface area contributed by atoms with E-state index in [1.807, 2.05) is 32.0 Å². The van der Waals surface area contributed by atoms with Gasteiger partial charge in [0, 0.05) is 23.3 Å². The van der Waals surface area contributed by atoms with Gasteiger partial charge in [-0.25, -0.2) is 0 Å². The normalized spacial score (nSPS) is 10.9. The Kier molecular flexibility index (Phi) is 9.54. The summed E-state index contributed by atoms with van der Waals surface area (Å²) >= 11 is 4.77. The number of nitrogens with one attached hydrogen (secondary N) is 2. The fourth-order valence-corrected chi connectivity index (χ4v) is 4.38. The maximum atomic E-state index is 12.5. The van der Waals surface area contributed by atoms with Crippen LogP contribution in [0.3, 0.4) is 0 Å². The number of thioether (sulfide) groups is 1. The summed E-state index contributed by atoms with van der Waals surface area (Å²) in [4.78, 5) is 24.7. The van der Waals surface area contributed by atoms with Crippen molar-refractivity contribution in [3.63, 3.8) is 0 Å². The summed E-state index contributed by atoms with van der Waals surface area (Å²) in [6.07, 6.45) is 3.12. The average Bonchev–Trinajstić information content (AvgIpc) is 3.24. The minimum absolute atomic E-state index is 0.136. The number of methoxy groups -OCH3 is 2. The quantitative estimate of drug-likeness (QED) is 0.275. The standard InChI is InChI=1S/C25H28BrN5O4S/c1-15-16(2)19(9-8-18(15)26)28-24(33)14-36-25-30-29-22(31(25)3)13-27-23(32)11-7-17-6-10-20(34-4)21(12-17)35-5/h6-12H,13-14H2,1-5H3,(H,27,32)(H,28,33). The Balaban J connectivity index is 1.51. The Labute approximate surface area is 222 Å². The monoisotopic (exact) mass is 573 g/mol. The van der Waals surface area contributed by atoms with Crippen LogP contribution >= 0.6 is 27.7 Å². The molecule has 0 bridgehead atoms. The fraction of sp³-hybridized carbons (Fsp3) is 0.280. The molecule has 36 heavy (non-hydrogen) atoms. The van der Waals surface area contributed by atoms with Crippen LogP contribution in [0.4, 0.5) is 5.69 Å². The van der Waals surface area contributed by atoms with Crippen molar-refractivity contribution in [3.8, 4) is 11.5 Å². The van der Waals surface area contributed by atoms with E-state index in [2.05, 4.69) is 36.8 Å². The van der Waals surface area contributed by atoms with Crippen LogP contribution in [0.25, 0.3) is 6.08 Å². The summed E-state index contributed by atoms with van der Waals surface area (Å²) in [6, 6.07) is 9.17. The molecule has 0 saturated heterocycles. The van der Waals surface area contributed by atoms with Gasteiger partial charge in [-0.2, -0.15) is 0 Å². The van der Waals surface area contributed by atoms with E-state index in [1.165, 1.54) is 17.8 Å². The van der Waals surface area contributed by atoms with Gasteiger partial charge in [-0.3, -0.25) is 9.59 Å². The molecule has 0 unspecified atom stereocenters. The van der Waals surface area contributed by atoms with Crippen molar-refractivity contribution < 1.29 is 19.1 Å². The van der Waals surface area contributed by atoms with E-state index in [0.29, 0.717) is 22.5 Å². The van der Waals surface area contributed by atoms with Gasteiger partial charge >= 0.3 is 0 Å². The number of benzene rings is 2. The molecular formula is C25H28BrN5O4S. The fourth-order valence-electron chi connectivity index (χ4n) is 3.22. The van der Waals surface area contributed by atoms with Crippen LogP contribution in [0.1, 0.15) is 22.5 Å². The number of ether oxygens (including phenoxy) is 2. The molecule has 0 aliphatic heterocycles. The van der Waals surface area contributed by atoms with Gasteiger partial charge in [0.25, 0.3) is 0 Å². The molecule has 9 nitrogen and oxygen atoms in total. The van der Waals surface area contributed by atoms with Crippen LogP contribution in [-0.2, 0) is 23.2 Å². The number of aromatic nitrogens is 3. The first-order valence-electron chi connectivity index (χ1n) is 11.0. The summed E-state index contributed by atoms with van der Waals surface area (Å²) in [5.74, 6) is 1.54. The minimum Gasteiger partial charge on any atom is -0.493 e. The second kappa shape index (κ2) is 12.6. The van der Waals surface area contributed by atoms with Crippen LogP contribution in [0, 0.1) is 13.8 Å². The number of hydrogen-bond acceptors (Lipinski definition) is 7. The van der Waals surface area contributed by atoms with Gasteiger partial charge in [0.05, 0.1) is 26.5 Å². The van der Waals surface area contributed by atoms with E-state index >= 15 is 0 Å². The molecule has 2 amide bonds. The molecule has 0 aliphatic carbocycles. The van der Waals surface area contributed by atoms with Crippen molar-refractivity contribution in [1.82, 2.24) is 20.1 Å². The van der Waals surface area contributed by atoms with E-state index in [4.69, 9.17) is 9.47 Å². The number of anilines is 1. The van der Waals surface area contributed by atoms with Gasteiger partial charge < -0.3 is 24.7 Å². The number of amides is 2. The maximum Gasteiger partial charge on any atom is 0.244 e. The first-order valence-corrected chi connectivity index (χ1v) is 12.8. The number of rotatable bonds is 10. The topological polar surface area (TPSA) is 107 Å². The molecule has 2 aromatic carbocycles. The molecule has 11 heteroatoms. The number of halogens is 1. The number of carbonyl (C=O) groups is 2. The largest absolute Gasteiger partial charge is 0.493 e. The highest BCUT2D eigenvalue weighted by Gasteiger charge is 2.13. The van der Waals surface area contributed by atoms with Gasteiger partial charge in [0.15, 0.2) is 22.5 Å². The number of carbonyl (C=O) groups excluding carboxylic acids is 2. The third kappa shape index (κ3) is 6.88. The first-order chi connectivity index (χ1) is 17.2. The highest BCUT2D eigenvalue weighted by atomic mass is 79.9. The lowest BCUT2D eigenvalue weighted by Crippen LogP contribution is -2.22. The minimum atomic E-state index is -0.276. The second-order valence-electron chi connectivity index (χ2n) is 7.81. The molecule has 0 radical (unpaired) electrons. The zero-order valence-corrected chi connectivity index (χ0v) is 23.1. The molecule has 1 heterocycles. The zero-order chi connectivity index (χ0) is 26.2. The van der Waals surface area contributed by atoms with Crippen molar-refractivity contribution in [3.05, 3.63) is 63.4 Å². The Hall–Kier alpha value is -3.31. The Morgan fingerprint density at radius 3 is 2.56 bits per heavy atom. The van der Waals surface area contributed by atoms with Crippen molar-refractivity contribution in [1.29, 1.82) is 0 Å². The molecule has 0 fully saturated rings. The molecule has 2 N–H and O–H groups in total. The van der Waals surface area contributed by atoms with Crippen molar-refractivity contribution in [2.24, 2.45) is 7.05 Å². The third-order valence-electron chi connectivity index (χ3n) is 5.51.